The second-order valence-corrected chi connectivity index (χ2v) is 6.30. The van der Waals surface area contributed by atoms with E-state index in [4.69, 9.17) is 23.2 Å². The first-order valence-electron chi connectivity index (χ1n) is 5.14. The second kappa shape index (κ2) is 4.72. The Hall–Kier alpha value is -0.780. The average Bonchev–Trinajstić information content (AvgIpc) is 2.73. The number of hydrogen-bond acceptors (Lipinski definition) is 4. The van der Waals surface area contributed by atoms with Crippen molar-refractivity contribution in [2.24, 2.45) is 0 Å². The Kier molecular flexibility index (Phi) is 3.58. The van der Waals surface area contributed by atoms with E-state index in [0.29, 0.717) is 5.69 Å². The molecule has 0 radical (unpaired) electrons. The van der Waals surface area contributed by atoms with Crippen LogP contribution in [0.25, 0.3) is 11.5 Å². The van der Waals surface area contributed by atoms with E-state index in [0.717, 1.165) is 5.01 Å². The SMILES string of the molecule is CC(C)(C)c1nc(-c2nc(Cl)c(F)c(Cl)n2)cs1. The van der Waals surface area contributed by atoms with Gasteiger partial charge in [-0.2, -0.15) is 0 Å². The zero-order chi connectivity index (χ0) is 13.5. The van der Waals surface area contributed by atoms with Crippen LogP contribution in [-0.2, 0) is 5.41 Å². The minimum absolute atomic E-state index is 0.0590. The highest BCUT2D eigenvalue weighted by Gasteiger charge is 2.20. The minimum atomic E-state index is -0.812. The van der Waals surface area contributed by atoms with Gasteiger partial charge in [0.25, 0.3) is 0 Å². The number of aromatic nitrogens is 3. The van der Waals surface area contributed by atoms with Crippen LogP contribution in [0, 0.1) is 5.82 Å². The molecule has 0 aliphatic heterocycles. The fourth-order valence-corrected chi connectivity index (χ4v) is 2.50. The smallest absolute Gasteiger partial charge is 0.197 e. The van der Waals surface area contributed by atoms with Crippen molar-refractivity contribution in [3.63, 3.8) is 0 Å². The van der Waals surface area contributed by atoms with Gasteiger partial charge in [-0.25, -0.2) is 19.3 Å². The highest BCUT2D eigenvalue weighted by Crippen LogP contribution is 2.30. The van der Waals surface area contributed by atoms with Crippen LogP contribution < -0.4 is 0 Å². The number of halogens is 3. The molecule has 2 heterocycles. The van der Waals surface area contributed by atoms with Crippen LogP contribution in [0.15, 0.2) is 5.38 Å². The van der Waals surface area contributed by atoms with Crippen molar-refractivity contribution in [1.29, 1.82) is 0 Å². The molecular weight excluding hydrogens is 296 g/mol. The Bertz CT molecular complexity index is 569. The molecule has 0 atom stereocenters. The van der Waals surface area contributed by atoms with Gasteiger partial charge < -0.3 is 0 Å². The van der Waals surface area contributed by atoms with Crippen molar-refractivity contribution in [3.8, 4) is 11.5 Å². The van der Waals surface area contributed by atoms with E-state index in [2.05, 4.69) is 35.7 Å². The lowest BCUT2D eigenvalue weighted by molar-refractivity contribution is 0.585. The summed E-state index contributed by atoms with van der Waals surface area (Å²) in [5, 5.41) is 2.16. The van der Waals surface area contributed by atoms with Crippen LogP contribution in [0.2, 0.25) is 10.3 Å². The Morgan fingerprint density at radius 2 is 1.67 bits per heavy atom. The van der Waals surface area contributed by atoms with Crippen LogP contribution in [0.1, 0.15) is 25.8 Å². The van der Waals surface area contributed by atoms with Crippen molar-refractivity contribution >= 4 is 34.5 Å². The maximum Gasteiger partial charge on any atom is 0.197 e. The third-order valence-electron chi connectivity index (χ3n) is 2.15. The molecule has 7 heteroatoms. The third-order valence-corrected chi connectivity index (χ3v) is 3.91. The quantitative estimate of drug-likeness (QED) is 0.735. The van der Waals surface area contributed by atoms with Crippen LogP contribution in [0.5, 0.6) is 0 Å². The number of rotatable bonds is 1. The molecule has 2 rings (SSSR count). The van der Waals surface area contributed by atoms with E-state index in [-0.39, 0.29) is 21.5 Å². The Morgan fingerprint density at radius 1 is 1.11 bits per heavy atom. The van der Waals surface area contributed by atoms with Crippen LogP contribution >= 0.6 is 34.5 Å². The van der Waals surface area contributed by atoms with Crippen molar-refractivity contribution < 1.29 is 4.39 Å². The highest BCUT2D eigenvalue weighted by molar-refractivity contribution is 7.10. The first kappa shape index (κ1) is 13.6. The summed E-state index contributed by atoms with van der Waals surface area (Å²) in [5.74, 6) is -0.577. The predicted octanol–water partition coefficient (Wildman–Crippen LogP) is 4.34. The molecule has 0 saturated carbocycles. The van der Waals surface area contributed by atoms with Crippen LogP contribution in [0.3, 0.4) is 0 Å². The first-order chi connectivity index (χ1) is 8.29. The van der Waals surface area contributed by atoms with Gasteiger partial charge in [-0.05, 0) is 0 Å². The van der Waals surface area contributed by atoms with Gasteiger partial charge in [0.1, 0.15) is 5.69 Å². The molecule has 0 spiro atoms. The largest absolute Gasteiger partial charge is 0.237 e. The van der Waals surface area contributed by atoms with Crippen molar-refractivity contribution in [2.75, 3.05) is 0 Å². The zero-order valence-electron chi connectivity index (χ0n) is 9.96. The molecular formula is C11H10Cl2FN3S. The Balaban J connectivity index is 2.47. The molecule has 0 saturated heterocycles. The third kappa shape index (κ3) is 2.63. The first-order valence-corrected chi connectivity index (χ1v) is 6.77. The monoisotopic (exact) mass is 305 g/mol. The van der Waals surface area contributed by atoms with E-state index in [1.807, 2.05) is 0 Å². The molecule has 96 valence electrons. The molecule has 0 fully saturated rings. The van der Waals surface area contributed by atoms with Gasteiger partial charge in [-0.3, -0.25) is 0 Å². The maximum atomic E-state index is 13.2. The second-order valence-electron chi connectivity index (χ2n) is 4.73. The van der Waals surface area contributed by atoms with E-state index >= 15 is 0 Å². The minimum Gasteiger partial charge on any atom is -0.237 e. The summed E-state index contributed by atoms with van der Waals surface area (Å²) in [5.41, 5.74) is 0.491. The zero-order valence-corrected chi connectivity index (χ0v) is 12.3. The van der Waals surface area contributed by atoms with Gasteiger partial charge in [-0.1, -0.05) is 44.0 Å². The standard InChI is InChI=1S/C11H10Cl2FN3S/c1-11(2,3)10-15-5(4-18-10)9-16-7(12)6(14)8(13)17-9/h4H,1-3H3. The van der Waals surface area contributed by atoms with E-state index < -0.39 is 5.82 Å². The summed E-state index contributed by atoms with van der Waals surface area (Å²) < 4.78 is 13.2. The number of nitrogens with zero attached hydrogens (tertiary/aromatic N) is 3. The fraction of sp³-hybridized carbons (Fsp3) is 0.364. The van der Waals surface area contributed by atoms with Crippen molar-refractivity contribution in [1.82, 2.24) is 15.0 Å². The Labute approximate surface area is 118 Å². The van der Waals surface area contributed by atoms with E-state index in [9.17, 15) is 4.39 Å². The Morgan fingerprint density at radius 3 is 2.11 bits per heavy atom. The lowest BCUT2D eigenvalue weighted by atomic mass is 9.98. The van der Waals surface area contributed by atoms with E-state index in [1.54, 1.807) is 5.38 Å². The van der Waals surface area contributed by atoms with Gasteiger partial charge >= 0.3 is 0 Å². The summed E-state index contributed by atoms with van der Waals surface area (Å²) >= 11 is 12.8. The van der Waals surface area contributed by atoms with Gasteiger partial charge in [0, 0.05) is 10.8 Å². The molecule has 18 heavy (non-hydrogen) atoms. The van der Waals surface area contributed by atoms with Crippen LogP contribution in [-0.4, -0.2) is 15.0 Å². The number of thiazole rings is 1. The maximum absolute atomic E-state index is 13.2. The molecule has 0 bridgehead atoms. The molecule has 0 unspecified atom stereocenters. The van der Waals surface area contributed by atoms with Crippen molar-refractivity contribution in [3.05, 3.63) is 26.5 Å². The molecule has 0 amide bonds. The molecule has 0 N–H and O–H groups in total. The lowest BCUT2D eigenvalue weighted by Crippen LogP contribution is -2.10. The van der Waals surface area contributed by atoms with Gasteiger partial charge in [0.05, 0.1) is 5.01 Å². The van der Waals surface area contributed by atoms with Gasteiger partial charge in [0.2, 0.25) is 0 Å². The molecule has 2 aromatic rings. The average molecular weight is 306 g/mol. The molecule has 0 aromatic carbocycles. The summed E-state index contributed by atoms with van der Waals surface area (Å²) in [6.07, 6.45) is 0. The fourth-order valence-electron chi connectivity index (χ4n) is 1.23. The molecule has 0 aliphatic carbocycles. The highest BCUT2D eigenvalue weighted by atomic mass is 35.5. The van der Waals surface area contributed by atoms with Gasteiger partial charge in [0.15, 0.2) is 21.9 Å². The topological polar surface area (TPSA) is 38.7 Å². The summed E-state index contributed by atoms with van der Waals surface area (Å²) in [6, 6.07) is 0. The summed E-state index contributed by atoms with van der Waals surface area (Å²) in [7, 11) is 0. The summed E-state index contributed by atoms with van der Waals surface area (Å²) in [6.45, 7) is 6.17. The number of hydrogen-bond donors (Lipinski definition) is 0. The molecule has 2 aromatic heterocycles. The van der Waals surface area contributed by atoms with Gasteiger partial charge in [-0.15, -0.1) is 11.3 Å². The predicted molar refractivity (Wildman–Crippen MR) is 71.8 cm³/mol. The molecule has 0 aliphatic rings. The molecule has 3 nitrogen and oxygen atoms in total. The normalized spacial score (nSPS) is 11.9. The lowest BCUT2D eigenvalue weighted by Gasteiger charge is -2.13. The summed E-state index contributed by atoms with van der Waals surface area (Å²) in [4.78, 5) is 12.1. The van der Waals surface area contributed by atoms with Crippen molar-refractivity contribution in [2.45, 2.75) is 26.2 Å². The van der Waals surface area contributed by atoms with Crippen LogP contribution in [0.4, 0.5) is 4.39 Å². The van der Waals surface area contributed by atoms with E-state index in [1.165, 1.54) is 11.3 Å².